The second-order valence-corrected chi connectivity index (χ2v) is 4.45. The first-order valence-electron chi connectivity index (χ1n) is 5.21. The van der Waals surface area contributed by atoms with E-state index in [1.54, 1.807) is 18.7 Å². The summed E-state index contributed by atoms with van der Waals surface area (Å²) >= 11 is 1.71. The molecule has 0 bridgehead atoms. The zero-order valence-corrected chi connectivity index (χ0v) is 10.8. The molecule has 0 saturated carbocycles. The van der Waals surface area contributed by atoms with E-state index in [0.717, 1.165) is 5.75 Å². The molecule has 16 heavy (non-hydrogen) atoms. The van der Waals surface area contributed by atoms with Gasteiger partial charge in [0.1, 0.15) is 0 Å². The SMILES string of the molecule is CCOC(=O)C(N)C(=O)NCC(C)CSC. The van der Waals surface area contributed by atoms with Crippen LogP contribution in [0.2, 0.25) is 0 Å². The number of nitrogens with one attached hydrogen (secondary N) is 1. The lowest BCUT2D eigenvalue weighted by Crippen LogP contribution is -2.48. The molecule has 0 aliphatic heterocycles. The van der Waals surface area contributed by atoms with Gasteiger partial charge in [-0.15, -0.1) is 0 Å². The monoisotopic (exact) mass is 248 g/mol. The zero-order valence-electron chi connectivity index (χ0n) is 9.99. The third-order valence-electron chi connectivity index (χ3n) is 1.90. The van der Waals surface area contributed by atoms with Crippen LogP contribution in [0.15, 0.2) is 0 Å². The van der Waals surface area contributed by atoms with E-state index in [0.29, 0.717) is 12.5 Å². The molecule has 6 heteroatoms. The van der Waals surface area contributed by atoms with Crippen molar-refractivity contribution in [1.29, 1.82) is 0 Å². The van der Waals surface area contributed by atoms with Crippen molar-refractivity contribution < 1.29 is 14.3 Å². The van der Waals surface area contributed by atoms with Gasteiger partial charge in [0, 0.05) is 6.54 Å². The van der Waals surface area contributed by atoms with Crippen molar-refractivity contribution in [3.8, 4) is 0 Å². The summed E-state index contributed by atoms with van der Waals surface area (Å²) < 4.78 is 4.65. The minimum Gasteiger partial charge on any atom is -0.464 e. The molecule has 5 nitrogen and oxygen atoms in total. The van der Waals surface area contributed by atoms with Crippen molar-refractivity contribution in [2.24, 2.45) is 11.7 Å². The van der Waals surface area contributed by atoms with E-state index in [2.05, 4.69) is 10.1 Å². The highest BCUT2D eigenvalue weighted by Crippen LogP contribution is 2.02. The number of carbonyl (C=O) groups is 2. The molecule has 2 atom stereocenters. The molecule has 0 rings (SSSR count). The van der Waals surface area contributed by atoms with Crippen LogP contribution in [0, 0.1) is 5.92 Å². The van der Waals surface area contributed by atoms with Gasteiger partial charge in [-0.3, -0.25) is 4.79 Å². The van der Waals surface area contributed by atoms with Crippen LogP contribution in [0.3, 0.4) is 0 Å². The fraction of sp³-hybridized carbons (Fsp3) is 0.800. The topological polar surface area (TPSA) is 81.4 Å². The first-order chi connectivity index (χ1) is 7.52. The summed E-state index contributed by atoms with van der Waals surface area (Å²) in [5.41, 5.74) is 5.42. The van der Waals surface area contributed by atoms with Gasteiger partial charge in [-0.2, -0.15) is 11.8 Å². The summed E-state index contributed by atoms with van der Waals surface area (Å²) in [5.74, 6) is 0.145. The van der Waals surface area contributed by atoms with Crippen LogP contribution in [0.1, 0.15) is 13.8 Å². The molecule has 0 radical (unpaired) electrons. The summed E-state index contributed by atoms with van der Waals surface area (Å²) in [4.78, 5) is 22.6. The van der Waals surface area contributed by atoms with Crippen LogP contribution in [0.4, 0.5) is 0 Å². The quantitative estimate of drug-likeness (QED) is 0.489. The van der Waals surface area contributed by atoms with Gasteiger partial charge in [-0.1, -0.05) is 6.92 Å². The van der Waals surface area contributed by atoms with Gasteiger partial charge in [0.15, 0.2) is 6.04 Å². The first-order valence-corrected chi connectivity index (χ1v) is 6.61. The Bertz CT molecular complexity index is 236. The zero-order chi connectivity index (χ0) is 12.6. The molecule has 94 valence electrons. The Morgan fingerprint density at radius 2 is 2.12 bits per heavy atom. The number of hydrogen-bond acceptors (Lipinski definition) is 5. The fourth-order valence-corrected chi connectivity index (χ4v) is 1.75. The summed E-state index contributed by atoms with van der Waals surface area (Å²) in [7, 11) is 0. The van der Waals surface area contributed by atoms with Gasteiger partial charge in [0.2, 0.25) is 5.91 Å². The predicted octanol–water partition coefficient (Wildman–Crippen LogP) is -0.00790. The van der Waals surface area contributed by atoms with E-state index < -0.39 is 17.9 Å². The Morgan fingerprint density at radius 1 is 1.50 bits per heavy atom. The number of hydrogen-bond donors (Lipinski definition) is 2. The van der Waals surface area contributed by atoms with Crippen LogP contribution >= 0.6 is 11.8 Å². The van der Waals surface area contributed by atoms with Gasteiger partial charge in [-0.25, -0.2) is 4.79 Å². The highest BCUT2D eigenvalue weighted by atomic mass is 32.2. The standard InChI is InChI=1S/C10H20N2O3S/c1-4-15-10(14)8(11)9(13)12-5-7(2)6-16-3/h7-8H,4-6,11H2,1-3H3,(H,12,13). The third kappa shape index (κ3) is 5.97. The molecule has 0 fully saturated rings. The molecule has 0 aliphatic carbocycles. The van der Waals surface area contributed by atoms with Crippen molar-refractivity contribution in [1.82, 2.24) is 5.32 Å². The van der Waals surface area contributed by atoms with Gasteiger partial charge in [0.25, 0.3) is 0 Å². The number of esters is 1. The minimum atomic E-state index is -1.22. The van der Waals surface area contributed by atoms with Crippen LogP contribution in [-0.4, -0.2) is 43.1 Å². The molecule has 0 spiro atoms. The van der Waals surface area contributed by atoms with Crippen molar-refractivity contribution in [3.63, 3.8) is 0 Å². The highest BCUT2D eigenvalue weighted by molar-refractivity contribution is 7.98. The Balaban J connectivity index is 3.91. The van der Waals surface area contributed by atoms with E-state index >= 15 is 0 Å². The number of ether oxygens (including phenoxy) is 1. The maximum atomic E-state index is 11.4. The number of carbonyl (C=O) groups excluding carboxylic acids is 2. The lowest BCUT2D eigenvalue weighted by atomic mass is 10.2. The number of thioether (sulfide) groups is 1. The van der Waals surface area contributed by atoms with E-state index in [9.17, 15) is 9.59 Å². The number of rotatable bonds is 7. The Hall–Kier alpha value is -0.750. The minimum absolute atomic E-state index is 0.225. The lowest BCUT2D eigenvalue weighted by molar-refractivity contribution is -0.148. The summed E-state index contributed by atoms with van der Waals surface area (Å²) in [6.07, 6.45) is 2.00. The Morgan fingerprint density at radius 3 is 2.62 bits per heavy atom. The molecular formula is C10H20N2O3S. The van der Waals surface area contributed by atoms with Gasteiger partial charge in [0.05, 0.1) is 6.61 Å². The molecule has 0 aromatic heterocycles. The number of nitrogens with two attached hydrogens (primary N) is 1. The normalized spacial score (nSPS) is 14.0. The second-order valence-electron chi connectivity index (χ2n) is 3.54. The van der Waals surface area contributed by atoms with E-state index in [-0.39, 0.29) is 6.61 Å². The summed E-state index contributed by atoms with van der Waals surface area (Å²) in [5, 5.41) is 2.63. The van der Waals surface area contributed by atoms with Crippen molar-refractivity contribution in [2.45, 2.75) is 19.9 Å². The van der Waals surface area contributed by atoms with E-state index in [4.69, 9.17) is 5.73 Å². The van der Waals surface area contributed by atoms with Crippen LogP contribution in [0.5, 0.6) is 0 Å². The fourth-order valence-electron chi connectivity index (χ4n) is 1.07. The summed E-state index contributed by atoms with van der Waals surface area (Å²) in [6.45, 7) is 4.44. The van der Waals surface area contributed by atoms with Gasteiger partial charge < -0.3 is 15.8 Å². The van der Waals surface area contributed by atoms with Gasteiger partial charge >= 0.3 is 5.97 Å². The summed E-state index contributed by atoms with van der Waals surface area (Å²) in [6, 6.07) is -1.22. The molecule has 0 heterocycles. The highest BCUT2D eigenvalue weighted by Gasteiger charge is 2.23. The molecule has 0 aliphatic rings. The predicted molar refractivity (Wildman–Crippen MR) is 65.2 cm³/mol. The molecule has 0 aromatic rings. The molecule has 3 N–H and O–H groups in total. The molecule has 2 unspecified atom stereocenters. The molecule has 0 aromatic carbocycles. The second kappa shape index (κ2) is 8.41. The number of amides is 1. The Kier molecular flexibility index (Phi) is 8.01. The Labute approximate surface area is 100 Å². The van der Waals surface area contributed by atoms with Crippen LogP contribution < -0.4 is 11.1 Å². The lowest BCUT2D eigenvalue weighted by Gasteiger charge is -2.14. The average molecular weight is 248 g/mol. The van der Waals surface area contributed by atoms with Crippen molar-refractivity contribution in [2.75, 3.05) is 25.2 Å². The first kappa shape index (κ1) is 15.2. The van der Waals surface area contributed by atoms with Crippen LogP contribution in [0.25, 0.3) is 0 Å². The average Bonchev–Trinajstić information content (AvgIpc) is 2.25. The third-order valence-corrected chi connectivity index (χ3v) is 2.80. The van der Waals surface area contributed by atoms with E-state index in [1.165, 1.54) is 0 Å². The maximum absolute atomic E-state index is 11.4. The molecular weight excluding hydrogens is 228 g/mol. The van der Waals surface area contributed by atoms with Crippen molar-refractivity contribution in [3.05, 3.63) is 0 Å². The maximum Gasteiger partial charge on any atom is 0.332 e. The smallest absolute Gasteiger partial charge is 0.332 e. The van der Waals surface area contributed by atoms with Crippen molar-refractivity contribution >= 4 is 23.6 Å². The van der Waals surface area contributed by atoms with E-state index in [1.807, 2.05) is 13.2 Å². The van der Waals surface area contributed by atoms with Crippen LogP contribution in [-0.2, 0) is 14.3 Å². The largest absolute Gasteiger partial charge is 0.464 e. The molecule has 0 saturated heterocycles. The molecule has 1 amide bonds. The van der Waals surface area contributed by atoms with Gasteiger partial charge in [-0.05, 0) is 24.9 Å².